The lowest BCUT2D eigenvalue weighted by Crippen LogP contribution is -1.99. The van der Waals surface area contributed by atoms with Gasteiger partial charge >= 0.3 is 5.97 Å². The van der Waals surface area contributed by atoms with Crippen molar-refractivity contribution in [1.29, 1.82) is 0 Å². The Morgan fingerprint density at radius 3 is 2.68 bits per heavy atom. The average Bonchev–Trinajstić information content (AvgIpc) is 2.63. The van der Waals surface area contributed by atoms with Gasteiger partial charge in [-0.1, -0.05) is 19.4 Å². The lowest BCUT2D eigenvalue weighted by Gasteiger charge is -2.06. The highest BCUT2D eigenvalue weighted by Crippen LogP contribution is 2.27. The zero-order valence-electron chi connectivity index (χ0n) is 11.9. The smallest absolute Gasteiger partial charge is 0.307 e. The number of carbonyl (C=O) groups is 1. The van der Waals surface area contributed by atoms with E-state index in [9.17, 15) is 4.79 Å². The van der Waals surface area contributed by atoms with E-state index < -0.39 is 5.97 Å². The van der Waals surface area contributed by atoms with Gasteiger partial charge in [-0.2, -0.15) is 0 Å². The van der Waals surface area contributed by atoms with Crippen LogP contribution >= 0.6 is 0 Å². The van der Waals surface area contributed by atoms with Crippen LogP contribution in [-0.4, -0.2) is 15.6 Å². The number of hydrogen-bond acceptors (Lipinski definition) is 1. The second-order valence-electron chi connectivity index (χ2n) is 5.25. The van der Waals surface area contributed by atoms with Gasteiger partial charge < -0.3 is 9.67 Å². The molecule has 0 aliphatic carbocycles. The molecule has 2 aromatic rings. The SMILES string of the molecule is CCCCn1cc(CC(=O)O)c2c(C)cc(C)cc21. The monoisotopic (exact) mass is 259 g/mol. The number of nitrogens with zero attached hydrogens (tertiary/aromatic N) is 1. The molecule has 0 saturated carbocycles. The van der Waals surface area contributed by atoms with Crippen molar-refractivity contribution in [2.75, 3.05) is 0 Å². The van der Waals surface area contributed by atoms with Gasteiger partial charge in [-0.05, 0) is 43.0 Å². The number of hydrogen-bond donors (Lipinski definition) is 1. The van der Waals surface area contributed by atoms with Crippen LogP contribution < -0.4 is 0 Å². The average molecular weight is 259 g/mol. The van der Waals surface area contributed by atoms with Crippen LogP contribution in [0.2, 0.25) is 0 Å². The zero-order chi connectivity index (χ0) is 14.0. The molecule has 0 aliphatic rings. The van der Waals surface area contributed by atoms with Crippen molar-refractivity contribution in [3.8, 4) is 0 Å². The van der Waals surface area contributed by atoms with Crippen molar-refractivity contribution in [2.45, 2.75) is 46.6 Å². The Morgan fingerprint density at radius 2 is 2.05 bits per heavy atom. The third kappa shape index (κ3) is 2.80. The fraction of sp³-hybridized carbons (Fsp3) is 0.438. The highest BCUT2D eigenvalue weighted by Gasteiger charge is 2.13. The molecule has 102 valence electrons. The molecule has 1 aromatic carbocycles. The Kier molecular flexibility index (Phi) is 3.93. The van der Waals surface area contributed by atoms with Crippen LogP contribution in [0, 0.1) is 13.8 Å². The molecule has 0 aliphatic heterocycles. The van der Waals surface area contributed by atoms with E-state index >= 15 is 0 Å². The molecule has 0 radical (unpaired) electrons. The fourth-order valence-corrected chi connectivity index (χ4v) is 2.72. The molecule has 2 rings (SSSR count). The van der Waals surface area contributed by atoms with E-state index in [4.69, 9.17) is 5.11 Å². The number of carboxylic acids is 1. The maximum absolute atomic E-state index is 11.0. The van der Waals surface area contributed by atoms with Gasteiger partial charge in [0.05, 0.1) is 6.42 Å². The normalized spacial score (nSPS) is 11.1. The van der Waals surface area contributed by atoms with Crippen molar-refractivity contribution >= 4 is 16.9 Å². The summed E-state index contributed by atoms with van der Waals surface area (Å²) in [6.07, 6.45) is 4.36. The third-order valence-electron chi connectivity index (χ3n) is 3.50. The molecular weight excluding hydrogens is 238 g/mol. The summed E-state index contributed by atoms with van der Waals surface area (Å²) < 4.78 is 2.21. The number of rotatable bonds is 5. The first-order valence-corrected chi connectivity index (χ1v) is 6.83. The molecule has 0 spiro atoms. The summed E-state index contributed by atoms with van der Waals surface area (Å²) >= 11 is 0. The quantitative estimate of drug-likeness (QED) is 0.890. The van der Waals surface area contributed by atoms with E-state index in [1.54, 1.807) is 0 Å². The largest absolute Gasteiger partial charge is 0.481 e. The molecule has 0 saturated heterocycles. The van der Waals surface area contributed by atoms with Crippen LogP contribution in [0.25, 0.3) is 10.9 Å². The summed E-state index contributed by atoms with van der Waals surface area (Å²) in [6, 6.07) is 4.28. The minimum atomic E-state index is -0.769. The highest BCUT2D eigenvalue weighted by atomic mass is 16.4. The lowest BCUT2D eigenvalue weighted by atomic mass is 10.0. The summed E-state index contributed by atoms with van der Waals surface area (Å²) in [5.74, 6) is -0.769. The molecule has 3 heteroatoms. The summed E-state index contributed by atoms with van der Waals surface area (Å²) in [4.78, 5) is 11.0. The predicted molar refractivity (Wildman–Crippen MR) is 77.7 cm³/mol. The first kappa shape index (κ1) is 13.7. The van der Waals surface area contributed by atoms with Crippen LogP contribution in [0.15, 0.2) is 18.3 Å². The van der Waals surface area contributed by atoms with Crippen LogP contribution in [0.4, 0.5) is 0 Å². The van der Waals surface area contributed by atoms with Crippen LogP contribution in [-0.2, 0) is 17.8 Å². The second-order valence-corrected chi connectivity index (χ2v) is 5.25. The van der Waals surface area contributed by atoms with E-state index in [-0.39, 0.29) is 6.42 Å². The zero-order valence-corrected chi connectivity index (χ0v) is 11.9. The Hall–Kier alpha value is -1.77. The van der Waals surface area contributed by atoms with Crippen LogP contribution in [0.3, 0.4) is 0 Å². The highest BCUT2D eigenvalue weighted by molar-refractivity contribution is 5.90. The molecule has 3 nitrogen and oxygen atoms in total. The van der Waals surface area contributed by atoms with Gasteiger partial charge in [-0.25, -0.2) is 0 Å². The van der Waals surface area contributed by atoms with Gasteiger partial charge in [0, 0.05) is 23.6 Å². The van der Waals surface area contributed by atoms with E-state index in [2.05, 4.69) is 37.5 Å². The number of aliphatic carboxylic acids is 1. The molecule has 1 aromatic heterocycles. The number of carboxylic acid groups (broad SMARTS) is 1. The van der Waals surface area contributed by atoms with Gasteiger partial charge in [0.15, 0.2) is 0 Å². The number of aromatic nitrogens is 1. The van der Waals surface area contributed by atoms with Crippen molar-refractivity contribution in [3.05, 3.63) is 35.0 Å². The summed E-state index contributed by atoms with van der Waals surface area (Å²) in [5.41, 5.74) is 4.49. The Morgan fingerprint density at radius 1 is 1.32 bits per heavy atom. The van der Waals surface area contributed by atoms with Gasteiger partial charge in [-0.3, -0.25) is 4.79 Å². The minimum Gasteiger partial charge on any atom is -0.481 e. The van der Waals surface area contributed by atoms with Crippen molar-refractivity contribution in [3.63, 3.8) is 0 Å². The van der Waals surface area contributed by atoms with Gasteiger partial charge in [0.1, 0.15) is 0 Å². The van der Waals surface area contributed by atoms with E-state index in [1.807, 2.05) is 6.20 Å². The summed E-state index contributed by atoms with van der Waals surface area (Å²) in [5, 5.41) is 10.2. The Balaban J connectivity index is 2.59. The third-order valence-corrected chi connectivity index (χ3v) is 3.50. The molecule has 0 amide bonds. The molecule has 0 atom stereocenters. The predicted octanol–water partition coefficient (Wildman–Crippen LogP) is 3.69. The van der Waals surface area contributed by atoms with E-state index in [0.29, 0.717) is 0 Å². The van der Waals surface area contributed by atoms with Gasteiger partial charge in [-0.15, -0.1) is 0 Å². The molecule has 0 unspecified atom stereocenters. The molecular formula is C16H21NO2. The molecule has 1 N–H and O–H groups in total. The number of benzene rings is 1. The summed E-state index contributed by atoms with van der Waals surface area (Å²) in [7, 11) is 0. The molecule has 19 heavy (non-hydrogen) atoms. The molecule has 1 heterocycles. The van der Waals surface area contributed by atoms with Crippen LogP contribution in [0.1, 0.15) is 36.5 Å². The standard InChI is InChI=1S/C16H21NO2/c1-4-5-6-17-10-13(9-15(18)19)16-12(3)7-11(2)8-14(16)17/h7-8,10H,4-6,9H2,1-3H3,(H,18,19). The van der Waals surface area contributed by atoms with E-state index in [1.165, 1.54) is 16.6 Å². The number of unbranched alkanes of at least 4 members (excludes halogenated alkanes) is 1. The van der Waals surface area contributed by atoms with Crippen molar-refractivity contribution in [2.24, 2.45) is 0 Å². The van der Waals surface area contributed by atoms with Crippen molar-refractivity contribution in [1.82, 2.24) is 4.57 Å². The number of fused-ring (bicyclic) bond motifs is 1. The van der Waals surface area contributed by atoms with Gasteiger partial charge in [0.25, 0.3) is 0 Å². The van der Waals surface area contributed by atoms with Crippen molar-refractivity contribution < 1.29 is 9.90 Å². The Labute approximate surface area is 113 Å². The maximum atomic E-state index is 11.0. The second kappa shape index (κ2) is 5.47. The number of aryl methyl sites for hydroxylation is 3. The fourth-order valence-electron chi connectivity index (χ4n) is 2.72. The molecule has 0 fully saturated rings. The topological polar surface area (TPSA) is 42.2 Å². The maximum Gasteiger partial charge on any atom is 0.307 e. The first-order valence-electron chi connectivity index (χ1n) is 6.83. The van der Waals surface area contributed by atoms with Gasteiger partial charge in [0.2, 0.25) is 0 Å². The molecule has 0 bridgehead atoms. The van der Waals surface area contributed by atoms with E-state index in [0.717, 1.165) is 30.3 Å². The lowest BCUT2D eigenvalue weighted by molar-refractivity contribution is -0.136. The summed E-state index contributed by atoms with van der Waals surface area (Å²) in [6.45, 7) is 7.27. The Bertz CT molecular complexity index is 611. The van der Waals surface area contributed by atoms with Crippen LogP contribution in [0.5, 0.6) is 0 Å². The first-order chi connectivity index (χ1) is 9.02. The minimum absolute atomic E-state index is 0.0968.